The van der Waals surface area contributed by atoms with Crippen LogP contribution in [-0.4, -0.2) is 13.6 Å². The monoisotopic (exact) mass is 233 g/mol. The molecule has 1 rings (SSSR count). The minimum Gasteiger partial charge on any atom is -0.283 e. The van der Waals surface area contributed by atoms with E-state index in [0.717, 1.165) is 12.0 Å². The molecule has 5 heteroatoms. The van der Waals surface area contributed by atoms with Gasteiger partial charge in [-0.25, -0.2) is 8.42 Å². The zero-order valence-corrected chi connectivity index (χ0v) is 9.40. The molecule has 0 atom stereocenters. The largest absolute Gasteiger partial charge is 0.283 e. The summed E-state index contributed by atoms with van der Waals surface area (Å²) < 4.78 is 24.6. The lowest BCUT2D eigenvalue weighted by molar-refractivity contribution is 0.605. The Morgan fingerprint density at radius 3 is 2.71 bits per heavy atom. The maximum absolute atomic E-state index is 11.1. The molecule has 0 bridgehead atoms. The van der Waals surface area contributed by atoms with Gasteiger partial charge in [-0.05, 0) is 24.1 Å². The van der Waals surface area contributed by atoms with Crippen molar-refractivity contribution in [2.45, 2.75) is 13.3 Å². The fourth-order valence-corrected chi connectivity index (χ4v) is 1.77. The van der Waals surface area contributed by atoms with Crippen LogP contribution in [0.25, 0.3) is 0 Å². The van der Waals surface area contributed by atoms with Crippen LogP contribution in [0.3, 0.4) is 0 Å². The van der Waals surface area contributed by atoms with Crippen molar-refractivity contribution in [2.24, 2.45) is 0 Å². The van der Waals surface area contributed by atoms with E-state index in [4.69, 9.17) is 11.6 Å². The Morgan fingerprint density at radius 1 is 1.43 bits per heavy atom. The SMILES string of the molecule is CCc1cccc(NS(=O)(=O)CCl)c1. The maximum atomic E-state index is 11.1. The van der Waals surface area contributed by atoms with Crippen molar-refractivity contribution in [3.05, 3.63) is 29.8 Å². The van der Waals surface area contributed by atoms with Crippen LogP contribution >= 0.6 is 11.6 Å². The molecule has 1 aromatic carbocycles. The van der Waals surface area contributed by atoms with Gasteiger partial charge in [0.15, 0.2) is 0 Å². The van der Waals surface area contributed by atoms with Gasteiger partial charge in [-0.3, -0.25) is 4.72 Å². The second-order valence-corrected chi connectivity index (χ2v) is 5.19. The van der Waals surface area contributed by atoms with E-state index in [9.17, 15) is 8.42 Å². The summed E-state index contributed by atoms with van der Waals surface area (Å²) in [4.78, 5) is 0. The Bertz CT molecular complexity index is 403. The van der Waals surface area contributed by atoms with Crippen molar-refractivity contribution in [1.29, 1.82) is 0 Å². The van der Waals surface area contributed by atoms with Gasteiger partial charge in [0.05, 0.1) is 0 Å². The molecule has 0 saturated carbocycles. The standard InChI is InChI=1S/C9H12ClNO2S/c1-2-8-4-3-5-9(6-8)11-14(12,13)7-10/h3-6,11H,2,7H2,1H3. The number of rotatable bonds is 4. The highest BCUT2D eigenvalue weighted by Gasteiger charge is 2.07. The molecular formula is C9H12ClNO2S. The molecule has 0 aliphatic heterocycles. The fourth-order valence-electron chi connectivity index (χ4n) is 1.06. The fraction of sp³-hybridized carbons (Fsp3) is 0.333. The van der Waals surface area contributed by atoms with E-state index in [1.807, 2.05) is 19.1 Å². The quantitative estimate of drug-likeness (QED) is 0.811. The third-order valence-corrected chi connectivity index (χ3v) is 3.45. The van der Waals surface area contributed by atoms with Gasteiger partial charge in [-0.15, -0.1) is 11.6 Å². The molecule has 0 aliphatic rings. The molecule has 0 fully saturated rings. The average molecular weight is 234 g/mol. The van der Waals surface area contributed by atoms with Gasteiger partial charge in [0.1, 0.15) is 5.21 Å². The third-order valence-electron chi connectivity index (χ3n) is 1.75. The molecule has 0 heterocycles. The summed E-state index contributed by atoms with van der Waals surface area (Å²) in [5, 5.41) is -0.427. The van der Waals surface area contributed by atoms with Crippen LogP contribution in [0.2, 0.25) is 0 Å². The number of benzene rings is 1. The number of halogens is 1. The van der Waals surface area contributed by atoms with E-state index >= 15 is 0 Å². The summed E-state index contributed by atoms with van der Waals surface area (Å²) in [6, 6.07) is 7.25. The first-order valence-electron chi connectivity index (χ1n) is 4.23. The minimum absolute atomic E-state index is 0.427. The van der Waals surface area contributed by atoms with Crippen molar-refractivity contribution >= 4 is 27.3 Å². The smallest absolute Gasteiger partial charge is 0.246 e. The van der Waals surface area contributed by atoms with Crippen LogP contribution in [0.1, 0.15) is 12.5 Å². The Morgan fingerprint density at radius 2 is 2.14 bits per heavy atom. The van der Waals surface area contributed by atoms with Crippen molar-refractivity contribution < 1.29 is 8.42 Å². The van der Waals surface area contributed by atoms with Crippen LogP contribution in [-0.2, 0) is 16.4 Å². The molecule has 1 aromatic rings. The average Bonchev–Trinajstić information content (AvgIpc) is 2.17. The lowest BCUT2D eigenvalue weighted by atomic mass is 10.1. The number of aryl methyl sites for hydroxylation is 1. The van der Waals surface area contributed by atoms with Crippen LogP contribution in [0.15, 0.2) is 24.3 Å². The molecule has 3 nitrogen and oxygen atoms in total. The highest BCUT2D eigenvalue weighted by molar-refractivity contribution is 7.93. The van der Waals surface area contributed by atoms with Gasteiger partial charge < -0.3 is 0 Å². The molecule has 0 unspecified atom stereocenters. The van der Waals surface area contributed by atoms with Crippen LogP contribution in [0.4, 0.5) is 5.69 Å². The predicted molar refractivity (Wildman–Crippen MR) is 59.1 cm³/mol. The Hall–Kier alpha value is -0.740. The number of anilines is 1. The van der Waals surface area contributed by atoms with Crippen LogP contribution in [0, 0.1) is 0 Å². The predicted octanol–water partition coefficient (Wildman–Crippen LogP) is 2.19. The van der Waals surface area contributed by atoms with Crippen molar-refractivity contribution in [1.82, 2.24) is 0 Å². The van der Waals surface area contributed by atoms with Crippen molar-refractivity contribution in [3.63, 3.8) is 0 Å². The van der Waals surface area contributed by atoms with Gasteiger partial charge in [-0.2, -0.15) is 0 Å². The topological polar surface area (TPSA) is 46.2 Å². The van der Waals surface area contributed by atoms with Gasteiger partial charge >= 0.3 is 0 Å². The Labute approximate surface area is 89.1 Å². The highest BCUT2D eigenvalue weighted by atomic mass is 35.5. The van der Waals surface area contributed by atoms with E-state index in [1.165, 1.54) is 0 Å². The molecule has 0 amide bonds. The summed E-state index contributed by atoms with van der Waals surface area (Å²) in [6.07, 6.45) is 0.871. The molecule has 1 N–H and O–H groups in total. The lowest BCUT2D eigenvalue weighted by Gasteiger charge is -2.06. The summed E-state index contributed by atoms with van der Waals surface area (Å²) in [5.41, 5.74) is 1.64. The summed E-state index contributed by atoms with van der Waals surface area (Å²) in [5.74, 6) is 0. The molecule has 0 saturated heterocycles. The normalized spacial score (nSPS) is 11.3. The number of hydrogen-bond donors (Lipinski definition) is 1. The molecule has 0 spiro atoms. The van der Waals surface area contributed by atoms with Gasteiger partial charge in [0, 0.05) is 5.69 Å². The summed E-state index contributed by atoms with van der Waals surface area (Å²) >= 11 is 5.27. The van der Waals surface area contributed by atoms with Gasteiger partial charge in [0.25, 0.3) is 0 Å². The molecule has 78 valence electrons. The van der Waals surface area contributed by atoms with Gasteiger partial charge in [-0.1, -0.05) is 19.1 Å². The zero-order chi connectivity index (χ0) is 10.6. The second-order valence-electron chi connectivity index (χ2n) is 2.88. The first-order valence-corrected chi connectivity index (χ1v) is 6.41. The Kier molecular flexibility index (Phi) is 3.77. The number of alkyl halides is 1. The minimum atomic E-state index is -3.38. The first-order chi connectivity index (χ1) is 6.57. The molecular weight excluding hydrogens is 222 g/mol. The molecule has 0 aromatic heterocycles. The third kappa shape index (κ3) is 3.20. The number of sulfonamides is 1. The Balaban J connectivity index is 2.87. The molecule has 0 aliphatic carbocycles. The molecule has 14 heavy (non-hydrogen) atoms. The molecule has 0 radical (unpaired) electrons. The van der Waals surface area contributed by atoms with E-state index < -0.39 is 15.2 Å². The number of hydrogen-bond acceptors (Lipinski definition) is 2. The zero-order valence-electron chi connectivity index (χ0n) is 7.83. The number of nitrogens with one attached hydrogen (secondary N) is 1. The first kappa shape index (κ1) is 11.3. The van der Waals surface area contributed by atoms with Gasteiger partial charge in [0.2, 0.25) is 10.0 Å². The maximum Gasteiger partial charge on any atom is 0.246 e. The van der Waals surface area contributed by atoms with E-state index in [2.05, 4.69) is 4.72 Å². The summed E-state index contributed by atoms with van der Waals surface area (Å²) in [6.45, 7) is 2.01. The van der Waals surface area contributed by atoms with Crippen LogP contribution < -0.4 is 4.72 Å². The lowest BCUT2D eigenvalue weighted by Crippen LogP contribution is -2.13. The van der Waals surface area contributed by atoms with E-state index in [1.54, 1.807) is 12.1 Å². The van der Waals surface area contributed by atoms with Crippen molar-refractivity contribution in [2.75, 3.05) is 9.93 Å². The van der Waals surface area contributed by atoms with Crippen LogP contribution in [0.5, 0.6) is 0 Å². The highest BCUT2D eigenvalue weighted by Crippen LogP contribution is 2.13. The summed E-state index contributed by atoms with van der Waals surface area (Å²) in [7, 11) is -3.38. The van der Waals surface area contributed by atoms with E-state index in [-0.39, 0.29) is 0 Å². The van der Waals surface area contributed by atoms with E-state index in [0.29, 0.717) is 5.69 Å². The second kappa shape index (κ2) is 4.66. The van der Waals surface area contributed by atoms with Crippen molar-refractivity contribution in [3.8, 4) is 0 Å².